The molecule has 1 saturated heterocycles. The van der Waals surface area contributed by atoms with Crippen molar-refractivity contribution >= 4 is 5.97 Å². The maximum atomic E-state index is 13.7. The largest absolute Gasteiger partial charge is 0.505 e. The van der Waals surface area contributed by atoms with Gasteiger partial charge in [-0.25, -0.2) is 9.18 Å². The topological polar surface area (TPSA) is 65.0 Å². The van der Waals surface area contributed by atoms with Crippen LogP contribution in [0.25, 0.3) is 11.1 Å². The number of rotatable bonds is 6. The van der Waals surface area contributed by atoms with E-state index in [1.807, 2.05) is 0 Å². The van der Waals surface area contributed by atoms with E-state index in [1.54, 1.807) is 31.2 Å². The summed E-state index contributed by atoms with van der Waals surface area (Å²) < 4.78 is 30.6. The summed E-state index contributed by atoms with van der Waals surface area (Å²) in [5.74, 6) is -1.07. The van der Waals surface area contributed by atoms with Crippen LogP contribution in [0.2, 0.25) is 0 Å². The molecule has 1 heterocycles. The van der Waals surface area contributed by atoms with E-state index in [4.69, 9.17) is 14.2 Å². The van der Waals surface area contributed by atoms with Crippen LogP contribution in [-0.2, 0) is 20.9 Å². The number of halogens is 1. The van der Waals surface area contributed by atoms with Gasteiger partial charge in [0, 0.05) is 17.6 Å². The van der Waals surface area contributed by atoms with Crippen molar-refractivity contribution in [3.8, 4) is 22.6 Å². The van der Waals surface area contributed by atoms with Gasteiger partial charge in [0.15, 0.2) is 17.9 Å². The van der Waals surface area contributed by atoms with Crippen LogP contribution in [0, 0.1) is 5.82 Å². The smallest absolute Gasteiger partial charge is 0.333 e. The zero-order valence-corrected chi connectivity index (χ0v) is 15.7. The molecule has 0 amide bonds. The Bertz CT molecular complexity index is 871. The second-order valence-electron chi connectivity index (χ2n) is 6.76. The summed E-state index contributed by atoms with van der Waals surface area (Å²) in [6, 6.07) is 9.47. The molecule has 2 aromatic rings. The lowest BCUT2D eigenvalue weighted by Crippen LogP contribution is -2.25. The molecule has 1 unspecified atom stereocenters. The van der Waals surface area contributed by atoms with Crippen LogP contribution >= 0.6 is 0 Å². The number of aromatic hydroxyl groups is 1. The summed E-state index contributed by atoms with van der Waals surface area (Å²) in [6.07, 6.45) is 2.47. The van der Waals surface area contributed by atoms with E-state index in [-0.39, 0.29) is 12.9 Å². The molecule has 1 fully saturated rings. The molecule has 1 atom stereocenters. The summed E-state index contributed by atoms with van der Waals surface area (Å²) in [4.78, 5) is 11.8. The third-order valence-corrected chi connectivity index (χ3v) is 4.45. The fourth-order valence-corrected chi connectivity index (χ4v) is 2.89. The number of hydrogen-bond donors (Lipinski definition) is 1. The Balaban J connectivity index is 1.88. The minimum absolute atomic E-state index is 0.0118. The number of ether oxygens (including phenoxy) is 3. The molecule has 0 aromatic heterocycles. The Kier molecular flexibility index (Phi) is 6.31. The number of esters is 1. The van der Waals surface area contributed by atoms with Crippen LogP contribution in [0.5, 0.6) is 11.5 Å². The van der Waals surface area contributed by atoms with Gasteiger partial charge in [0.25, 0.3) is 0 Å². The maximum absolute atomic E-state index is 13.7. The predicted octanol–water partition coefficient (Wildman–Crippen LogP) is 4.72. The monoisotopic (exact) mass is 386 g/mol. The lowest BCUT2D eigenvalue weighted by atomic mass is 10.0. The molecule has 28 heavy (non-hydrogen) atoms. The van der Waals surface area contributed by atoms with Gasteiger partial charge in [-0.1, -0.05) is 18.7 Å². The fraction of sp³-hybridized carbons (Fsp3) is 0.318. The van der Waals surface area contributed by atoms with E-state index in [1.165, 1.54) is 12.1 Å². The molecular formula is C22H23FO5. The number of hydrogen-bond acceptors (Lipinski definition) is 5. The van der Waals surface area contributed by atoms with E-state index in [2.05, 4.69) is 6.58 Å². The number of benzene rings is 2. The third-order valence-electron chi connectivity index (χ3n) is 4.45. The Morgan fingerprint density at radius 2 is 2.00 bits per heavy atom. The van der Waals surface area contributed by atoms with Crippen molar-refractivity contribution < 1.29 is 28.5 Å². The van der Waals surface area contributed by atoms with Crippen LogP contribution in [0.3, 0.4) is 0 Å². The highest BCUT2D eigenvalue weighted by Gasteiger charge is 2.18. The Morgan fingerprint density at radius 1 is 1.25 bits per heavy atom. The fourth-order valence-electron chi connectivity index (χ4n) is 2.89. The highest BCUT2D eigenvalue weighted by atomic mass is 19.1. The summed E-state index contributed by atoms with van der Waals surface area (Å²) in [6.45, 7) is 5.79. The lowest BCUT2D eigenvalue weighted by molar-refractivity contribution is -0.140. The lowest BCUT2D eigenvalue weighted by Gasteiger charge is -2.25. The van der Waals surface area contributed by atoms with Crippen molar-refractivity contribution in [2.24, 2.45) is 0 Å². The molecule has 1 aliphatic rings. The highest BCUT2D eigenvalue weighted by Crippen LogP contribution is 2.31. The summed E-state index contributed by atoms with van der Waals surface area (Å²) in [5.41, 5.74) is 2.23. The minimum Gasteiger partial charge on any atom is -0.505 e. The van der Waals surface area contributed by atoms with Crippen molar-refractivity contribution in [1.82, 2.24) is 0 Å². The molecule has 6 heteroatoms. The molecule has 148 valence electrons. The van der Waals surface area contributed by atoms with Gasteiger partial charge >= 0.3 is 5.97 Å². The number of carbonyl (C=O) groups excluding carboxylic acids is 1. The standard InChI is InChI=1S/C22H23FO5/c1-14(2)22(25)27-13-17-11-15(16-6-8-19(24)18(23)12-16)7-9-20(17)28-21-5-3-4-10-26-21/h6-9,11-12,21,24H,1,3-5,10,13H2,2H3. The second-order valence-corrected chi connectivity index (χ2v) is 6.76. The normalized spacial score (nSPS) is 16.4. The van der Waals surface area contributed by atoms with E-state index in [0.717, 1.165) is 19.3 Å². The first kappa shape index (κ1) is 19.9. The SMILES string of the molecule is C=C(C)C(=O)OCc1cc(-c2ccc(O)c(F)c2)ccc1OC1CCCCO1. The third kappa shape index (κ3) is 4.89. The molecule has 1 N–H and O–H groups in total. The van der Waals surface area contributed by atoms with Gasteiger partial charge in [-0.15, -0.1) is 0 Å². The van der Waals surface area contributed by atoms with Gasteiger partial charge in [-0.3, -0.25) is 0 Å². The Morgan fingerprint density at radius 3 is 2.68 bits per heavy atom. The number of phenols is 1. The van der Waals surface area contributed by atoms with Crippen LogP contribution in [-0.4, -0.2) is 24.0 Å². The van der Waals surface area contributed by atoms with Crippen molar-refractivity contribution in [2.45, 2.75) is 39.1 Å². The van der Waals surface area contributed by atoms with Gasteiger partial charge < -0.3 is 19.3 Å². The summed E-state index contributed by atoms with van der Waals surface area (Å²) in [7, 11) is 0. The van der Waals surface area contributed by atoms with E-state index in [0.29, 0.717) is 34.6 Å². The molecule has 5 nitrogen and oxygen atoms in total. The first-order valence-electron chi connectivity index (χ1n) is 9.17. The van der Waals surface area contributed by atoms with Crippen LogP contribution in [0.4, 0.5) is 4.39 Å². The van der Waals surface area contributed by atoms with Gasteiger partial charge in [0.1, 0.15) is 12.4 Å². The van der Waals surface area contributed by atoms with E-state index in [9.17, 15) is 14.3 Å². The summed E-state index contributed by atoms with van der Waals surface area (Å²) in [5, 5.41) is 9.39. The predicted molar refractivity (Wildman–Crippen MR) is 102 cm³/mol. The first-order chi connectivity index (χ1) is 13.4. The average Bonchev–Trinajstić information content (AvgIpc) is 2.69. The molecule has 0 saturated carbocycles. The zero-order valence-electron chi connectivity index (χ0n) is 15.7. The molecule has 1 aliphatic heterocycles. The van der Waals surface area contributed by atoms with Crippen molar-refractivity contribution in [3.63, 3.8) is 0 Å². The highest BCUT2D eigenvalue weighted by molar-refractivity contribution is 5.87. The van der Waals surface area contributed by atoms with Crippen LogP contribution in [0.1, 0.15) is 31.7 Å². The quantitative estimate of drug-likeness (QED) is 0.575. The Hall–Kier alpha value is -2.86. The maximum Gasteiger partial charge on any atom is 0.333 e. The Labute approximate surface area is 163 Å². The summed E-state index contributed by atoms with van der Waals surface area (Å²) >= 11 is 0. The zero-order chi connectivity index (χ0) is 20.1. The van der Waals surface area contributed by atoms with Gasteiger partial charge in [-0.2, -0.15) is 0 Å². The molecule has 2 aromatic carbocycles. The number of carbonyl (C=O) groups is 1. The van der Waals surface area contributed by atoms with Gasteiger partial charge in [0.05, 0.1) is 6.61 Å². The number of phenolic OH excluding ortho intramolecular Hbond substituents is 1. The van der Waals surface area contributed by atoms with Crippen LogP contribution in [0.15, 0.2) is 48.6 Å². The molecular weight excluding hydrogens is 363 g/mol. The molecule has 0 spiro atoms. The average molecular weight is 386 g/mol. The van der Waals surface area contributed by atoms with Crippen LogP contribution < -0.4 is 4.74 Å². The molecule has 0 bridgehead atoms. The van der Waals surface area contributed by atoms with Crippen molar-refractivity contribution in [2.75, 3.05) is 6.61 Å². The minimum atomic E-state index is -0.705. The van der Waals surface area contributed by atoms with Crippen molar-refractivity contribution in [3.05, 3.63) is 59.9 Å². The second kappa shape index (κ2) is 8.89. The molecule has 3 rings (SSSR count). The molecule has 0 aliphatic carbocycles. The first-order valence-corrected chi connectivity index (χ1v) is 9.17. The van der Waals surface area contributed by atoms with Crippen molar-refractivity contribution in [1.29, 1.82) is 0 Å². The van der Waals surface area contributed by atoms with E-state index < -0.39 is 17.5 Å². The van der Waals surface area contributed by atoms with E-state index >= 15 is 0 Å². The molecule has 0 radical (unpaired) electrons. The van der Waals surface area contributed by atoms with Gasteiger partial charge in [0.2, 0.25) is 0 Å². The van der Waals surface area contributed by atoms with Gasteiger partial charge in [-0.05, 0) is 55.2 Å².